The second-order valence-electron chi connectivity index (χ2n) is 7.72. The molecule has 1 aliphatic carbocycles. The molecule has 1 aliphatic heterocycles. The van der Waals surface area contributed by atoms with Gasteiger partial charge in [-0.25, -0.2) is 9.67 Å². The Labute approximate surface area is 165 Å². The van der Waals surface area contributed by atoms with Crippen LogP contribution >= 0.6 is 0 Å². The molecule has 0 radical (unpaired) electrons. The number of nitrogens with one attached hydrogen (secondary N) is 1. The number of hydrogen-bond acceptors (Lipinski definition) is 4. The zero-order valence-corrected chi connectivity index (χ0v) is 16.1. The molecule has 2 aliphatic rings. The number of carbonyl (C=O) groups is 2. The van der Waals surface area contributed by atoms with Crippen LogP contribution in [0.2, 0.25) is 0 Å². The van der Waals surface area contributed by atoms with Gasteiger partial charge in [-0.1, -0.05) is 19.3 Å². The normalized spacial score (nSPS) is 20.3. The minimum atomic E-state index is -0.332. The molecular formula is C21H27N5O2. The Bertz CT molecular complexity index is 814. The van der Waals surface area contributed by atoms with Gasteiger partial charge in [0.25, 0.3) is 0 Å². The number of likely N-dealkylation sites (tertiary alicyclic amines) is 1. The monoisotopic (exact) mass is 381 g/mol. The molecule has 0 bridgehead atoms. The van der Waals surface area contributed by atoms with Gasteiger partial charge in [-0.15, -0.1) is 0 Å². The summed E-state index contributed by atoms with van der Waals surface area (Å²) in [6, 6.07) is 5.30. The third-order valence-electron chi connectivity index (χ3n) is 5.81. The predicted octanol–water partition coefficient (Wildman–Crippen LogP) is 2.45. The summed E-state index contributed by atoms with van der Waals surface area (Å²) in [4.78, 5) is 31.8. The quantitative estimate of drug-likeness (QED) is 0.863. The summed E-state index contributed by atoms with van der Waals surface area (Å²) in [5, 5.41) is 7.19. The molecule has 1 saturated carbocycles. The summed E-state index contributed by atoms with van der Waals surface area (Å²) < 4.78 is 1.69. The fourth-order valence-electron chi connectivity index (χ4n) is 4.29. The maximum Gasteiger partial charge on any atom is 0.243 e. The number of aromatic nitrogens is 3. The van der Waals surface area contributed by atoms with Crippen molar-refractivity contribution >= 4 is 11.8 Å². The zero-order chi connectivity index (χ0) is 19.3. The molecule has 7 nitrogen and oxygen atoms in total. The smallest absolute Gasteiger partial charge is 0.243 e. The lowest BCUT2D eigenvalue weighted by molar-refractivity contribution is -0.142. The number of pyridine rings is 1. The van der Waals surface area contributed by atoms with Crippen molar-refractivity contribution in [3.63, 3.8) is 0 Å². The van der Waals surface area contributed by atoms with E-state index in [2.05, 4.69) is 15.4 Å². The highest BCUT2D eigenvalue weighted by atomic mass is 16.2. The van der Waals surface area contributed by atoms with E-state index >= 15 is 0 Å². The van der Waals surface area contributed by atoms with Gasteiger partial charge in [-0.2, -0.15) is 5.10 Å². The molecule has 2 aromatic heterocycles. The first kappa shape index (κ1) is 18.7. The SMILES string of the molecule is O=C(NCc1ccnc(-n2cccn2)c1)C1CCCN1C(=O)C1CCCCC1. The van der Waals surface area contributed by atoms with Crippen LogP contribution in [0, 0.1) is 5.92 Å². The van der Waals surface area contributed by atoms with Gasteiger partial charge in [0.1, 0.15) is 6.04 Å². The Morgan fingerprint density at radius 1 is 1.11 bits per heavy atom. The molecule has 1 saturated heterocycles. The van der Waals surface area contributed by atoms with E-state index < -0.39 is 0 Å². The molecule has 1 unspecified atom stereocenters. The van der Waals surface area contributed by atoms with Crippen molar-refractivity contribution in [1.29, 1.82) is 0 Å². The topological polar surface area (TPSA) is 80.1 Å². The lowest BCUT2D eigenvalue weighted by Gasteiger charge is -2.30. The van der Waals surface area contributed by atoms with E-state index in [-0.39, 0.29) is 23.8 Å². The van der Waals surface area contributed by atoms with E-state index in [1.54, 1.807) is 17.1 Å². The van der Waals surface area contributed by atoms with Crippen LogP contribution < -0.4 is 5.32 Å². The first-order chi connectivity index (χ1) is 13.7. The third kappa shape index (κ3) is 4.08. The Morgan fingerprint density at radius 3 is 2.75 bits per heavy atom. The third-order valence-corrected chi connectivity index (χ3v) is 5.81. The van der Waals surface area contributed by atoms with Crippen molar-refractivity contribution in [3.05, 3.63) is 42.4 Å². The molecule has 3 heterocycles. The van der Waals surface area contributed by atoms with Gasteiger partial charge in [0, 0.05) is 37.6 Å². The Balaban J connectivity index is 1.36. The zero-order valence-electron chi connectivity index (χ0n) is 16.1. The van der Waals surface area contributed by atoms with E-state index in [4.69, 9.17) is 0 Å². The lowest BCUT2D eigenvalue weighted by Crippen LogP contribution is -2.48. The summed E-state index contributed by atoms with van der Waals surface area (Å²) in [6.45, 7) is 1.11. The van der Waals surface area contributed by atoms with Crippen LogP contribution in [0.1, 0.15) is 50.5 Å². The lowest BCUT2D eigenvalue weighted by atomic mass is 9.88. The Morgan fingerprint density at radius 2 is 1.96 bits per heavy atom. The number of amides is 2. The van der Waals surface area contributed by atoms with Gasteiger partial charge in [0.15, 0.2) is 5.82 Å². The van der Waals surface area contributed by atoms with Gasteiger partial charge < -0.3 is 10.2 Å². The summed E-state index contributed by atoms with van der Waals surface area (Å²) in [7, 11) is 0. The van der Waals surface area contributed by atoms with Crippen molar-refractivity contribution < 1.29 is 9.59 Å². The highest BCUT2D eigenvalue weighted by Crippen LogP contribution is 2.28. The summed E-state index contributed by atoms with van der Waals surface area (Å²) in [5.74, 6) is 0.951. The maximum absolute atomic E-state index is 12.9. The average molecular weight is 381 g/mol. The van der Waals surface area contributed by atoms with E-state index in [0.717, 1.165) is 44.1 Å². The molecule has 0 spiro atoms. The molecule has 148 valence electrons. The van der Waals surface area contributed by atoms with Gasteiger partial charge in [-0.05, 0) is 49.4 Å². The second-order valence-corrected chi connectivity index (χ2v) is 7.72. The number of hydrogen-bond donors (Lipinski definition) is 1. The molecular weight excluding hydrogens is 354 g/mol. The highest BCUT2D eigenvalue weighted by Gasteiger charge is 2.37. The van der Waals surface area contributed by atoms with E-state index in [1.807, 2.05) is 29.3 Å². The molecule has 2 aromatic rings. The molecule has 1 N–H and O–H groups in total. The Hall–Kier alpha value is -2.70. The van der Waals surface area contributed by atoms with Crippen LogP contribution in [0.25, 0.3) is 5.82 Å². The molecule has 2 fully saturated rings. The van der Waals surface area contributed by atoms with Crippen LogP contribution in [0.3, 0.4) is 0 Å². The van der Waals surface area contributed by atoms with Crippen molar-refractivity contribution in [2.75, 3.05) is 6.54 Å². The highest BCUT2D eigenvalue weighted by molar-refractivity contribution is 5.89. The first-order valence-electron chi connectivity index (χ1n) is 10.3. The fraction of sp³-hybridized carbons (Fsp3) is 0.524. The largest absolute Gasteiger partial charge is 0.350 e. The standard InChI is InChI=1S/C21H27N5O2/c27-20(18-8-4-12-25(18)21(28)17-6-2-1-3-7-17)23-15-16-9-11-22-19(14-16)26-13-5-10-24-26/h5,9-11,13-14,17-18H,1-4,6-8,12,15H2,(H,23,27). The molecule has 0 aromatic carbocycles. The number of rotatable bonds is 5. The number of carbonyl (C=O) groups excluding carboxylic acids is 2. The van der Waals surface area contributed by atoms with Crippen LogP contribution in [0.15, 0.2) is 36.8 Å². The summed E-state index contributed by atoms with van der Waals surface area (Å²) in [6.07, 6.45) is 12.3. The van der Waals surface area contributed by atoms with E-state index in [0.29, 0.717) is 18.9 Å². The second kappa shape index (κ2) is 8.54. The first-order valence-corrected chi connectivity index (χ1v) is 10.3. The van der Waals surface area contributed by atoms with Crippen molar-refractivity contribution in [2.45, 2.75) is 57.5 Å². The van der Waals surface area contributed by atoms with Crippen molar-refractivity contribution in [2.24, 2.45) is 5.92 Å². The Kier molecular flexibility index (Phi) is 5.69. The molecule has 2 amide bonds. The van der Waals surface area contributed by atoms with Gasteiger partial charge in [0.05, 0.1) is 0 Å². The van der Waals surface area contributed by atoms with Crippen molar-refractivity contribution in [3.8, 4) is 5.82 Å². The summed E-state index contributed by atoms with van der Waals surface area (Å²) in [5.41, 5.74) is 0.956. The van der Waals surface area contributed by atoms with E-state index in [9.17, 15) is 9.59 Å². The molecule has 4 rings (SSSR count). The molecule has 28 heavy (non-hydrogen) atoms. The van der Waals surface area contributed by atoms with Crippen LogP contribution in [-0.2, 0) is 16.1 Å². The van der Waals surface area contributed by atoms with E-state index in [1.165, 1.54) is 6.42 Å². The molecule has 1 atom stereocenters. The van der Waals surface area contributed by atoms with Crippen molar-refractivity contribution in [1.82, 2.24) is 25.0 Å². The van der Waals surface area contributed by atoms with Gasteiger partial charge >= 0.3 is 0 Å². The fourth-order valence-corrected chi connectivity index (χ4v) is 4.29. The average Bonchev–Trinajstić information content (AvgIpc) is 3.44. The predicted molar refractivity (Wildman–Crippen MR) is 105 cm³/mol. The summed E-state index contributed by atoms with van der Waals surface area (Å²) >= 11 is 0. The van der Waals surface area contributed by atoms with Gasteiger partial charge in [-0.3, -0.25) is 9.59 Å². The van der Waals surface area contributed by atoms with Gasteiger partial charge in [0.2, 0.25) is 11.8 Å². The van der Waals surface area contributed by atoms with Crippen LogP contribution in [-0.4, -0.2) is 44.1 Å². The minimum Gasteiger partial charge on any atom is -0.350 e. The van der Waals surface area contributed by atoms with Crippen LogP contribution in [0.4, 0.5) is 0 Å². The minimum absolute atomic E-state index is 0.0564. The van der Waals surface area contributed by atoms with Crippen LogP contribution in [0.5, 0.6) is 0 Å². The molecule has 7 heteroatoms. The number of nitrogens with zero attached hydrogens (tertiary/aromatic N) is 4. The maximum atomic E-state index is 12.9.